The normalized spacial score (nSPS) is 51.2. The van der Waals surface area contributed by atoms with E-state index in [4.69, 9.17) is 23.7 Å². The number of esters is 1. The van der Waals surface area contributed by atoms with Crippen molar-refractivity contribution in [3.05, 3.63) is 11.6 Å². The van der Waals surface area contributed by atoms with E-state index in [9.17, 15) is 53.5 Å². The van der Waals surface area contributed by atoms with Crippen LogP contribution in [0.25, 0.3) is 0 Å². The summed E-state index contributed by atoms with van der Waals surface area (Å²) in [4.78, 5) is 14.4. The number of ether oxygens (including phenoxy) is 5. The van der Waals surface area contributed by atoms with Crippen LogP contribution in [0.2, 0.25) is 0 Å². The molecular weight excluding hydrogens is 797 g/mol. The Labute approximate surface area is 346 Å². The Bertz CT molecular complexity index is 1760. The number of hydrogen-bond donors (Lipinski definition) is 8. The fourth-order valence-corrected chi connectivity index (χ4v) is 13.6. The molecule has 7 aliphatic rings. The minimum atomic E-state index is -5.05. The van der Waals surface area contributed by atoms with Gasteiger partial charge < -0.3 is 59.4 Å². The molecule has 1 spiro atoms. The molecule has 0 aromatic heterocycles. The third-order valence-electron chi connectivity index (χ3n) is 16.5. The molecule has 0 bridgehead atoms. The van der Waals surface area contributed by atoms with Crippen LogP contribution in [0.4, 0.5) is 0 Å². The summed E-state index contributed by atoms with van der Waals surface area (Å²) in [5.74, 6) is -0.638. The summed E-state index contributed by atoms with van der Waals surface area (Å²) >= 11 is 0. The van der Waals surface area contributed by atoms with Gasteiger partial charge in [-0.2, -0.15) is 8.42 Å². The van der Waals surface area contributed by atoms with E-state index >= 15 is 0 Å². The third-order valence-corrected chi connectivity index (χ3v) is 17.0. The van der Waals surface area contributed by atoms with Crippen molar-refractivity contribution in [1.82, 2.24) is 0 Å². The van der Waals surface area contributed by atoms with Crippen LogP contribution in [-0.2, 0) is 43.1 Å². The van der Waals surface area contributed by atoms with Crippen molar-refractivity contribution in [2.75, 3.05) is 6.61 Å². The zero-order valence-electron chi connectivity index (χ0n) is 35.3. The van der Waals surface area contributed by atoms with Crippen molar-refractivity contribution < 1.29 is 81.4 Å². The summed E-state index contributed by atoms with van der Waals surface area (Å²) in [7, 11) is -5.05. The first-order valence-corrected chi connectivity index (χ1v) is 22.6. The summed E-state index contributed by atoms with van der Waals surface area (Å²) in [6.45, 7) is 14.9. The highest BCUT2D eigenvalue weighted by Gasteiger charge is 2.86. The Morgan fingerprint density at radius 3 is 2.20 bits per heavy atom. The minimum Gasteiger partial charge on any atom is -0.453 e. The molecule has 3 aliphatic heterocycles. The summed E-state index contributed by atoms with van der Waals surface area (Å²) in [5.41, 5.74) is -6.11. The Kier molecular flexibility index (Phi) is 11.7. The number of aliphatic hydroxyl groups is 7. The van der Waals surface area contributed by atoms with Gasteiger partial charge in [0, 0.05) is 0 Å². The summed E-state index contributed by atoms with van der Waals surface area (Å²) in [5, 5.41) is 79.4. The largest absolute Gasteiger partial charge is 0.453 e. The van der Waals surface area contributed by atoms with Gasteiger partial charge in [0.1, 0.15) is 47.6 Å². The molecule has 0 aromatic rings. The lowest BCUT2D eigenvalue weighted by molar-refractivity contribution is -0.362. The van der Waals surface area contributed by atoms with E-state index < -0.39 is 129 Å². The zero-order valence-corrected chi connectivity index (χ0v) is 36.1. The fourth-order valence-electron chi connectivity index (χ4n) is 13.1. The first kappa shape index (κ1) is 45.7. The van der Waals surface area contributed by atoms with E-state index in [1.54, 1.807) is 13.0 Å². The molecule has 6 fully saturated rings. The standard InChI is InChI=1S/C41H66O17S/c1-19(2)9-12-25(42)39(8)40(49)16-15-38(7)21-10-11-24-36(4,5)27(13-14-37(24,6)22(21)17-26(43)41(38,40)35(48)57-39)55-34-32(29(45)23(18-53-34)58-59(50,51)52)56-33-31(47)30(46)28(44)20(3)54-33/h17,19-21,23-34,42-47,49H,9-16,18H2,1-8H3,(H,50,51,52)/t20-,21?,23-,24?,25?,26+,27+,28-,29+,30+,31-,32-,33+,34+,37-,38+,39+,40+,41?/m1/s1. The van der Waals surface area contributed by atoms with E-state index in [0.717, 1.165) is 5.57 Å². The van der Waals surface area contributed by atoms with E-state index in [2.05, 4.69) is 25.0 Å². The highest BCUT2D eigenvalue weighted by Crippen LogP contribution is 2.77. The van der Waals surface area contributed by atoms with Crippen LogP contribution in [0.1, 0.15) is 107 Å². The van der Waals surface area contributed by atoms with Gasteiger partial charge in [-0.25, -0.2) is 4.18 Å². The minimum absolute atomic E-state index is 0.0514. The van der Waals surface area contributed by atoms with Crippen LogP contribution in [0.15, 0.2) is 11.6 Å². The smallest absolute Gasteiger partial charge is 0.397 e. The van der Waals surface area contributed by atoms with Gasteiger partial charge in [-0.1, -0.05) is 53.2 Å². The number of hydrogen-bond acceptors (Lipinski definition) is 16. The molecule has 0 radical (unpaired) electrons. The van der Waals surface area contributed by atoms with Crippen LogP contribution in [0.5, 0.6) is 0 Å². The maximum Gasteiger partial charge on any atom is 0.397 e. The van der Waals surface area contributed by atoms with Gasteiger partial charge in [-0.3, -0.25) is 9.35 Å². The summed E-state index contributed by atoms with van der Waals surface area (Å²) < 4.78 is 67.6. The molecular formula is C41H66O17S. The third kappa shape index (κ3) is 6.64. The van der Waals surface area contributed by atoms with Gasteiger partial charge in [0.15, 0.2) is 18.2 Å². The molecule has 0 amide bonds. The van der Waals surface area contributed by atoms with Gasteiger partial charge in [0.2, 0.25) is 0 Å². The number of cyclic esters (lactones) is 1. The monoisotopic (exact) mass is 862 g/mol. The molecule has 4 unspecified atom stereocenters. The second kappa shape index (κ2) is 15.1. The van der Waals surface area contributed by atoms with Crippen LogP contribution in [0.3, 0.4) is 0 Å². The van der Waals surface area contributed by atoms with E-state index in [-0.39, 0.29) is 24.2 Å². The Morgan fingerprint density at radius 1 is 0.881 bits per heavy atom. The molecule has 4 aliphatic carbocycles. The number of fused-ring (bicyclic) bond motifs is 4. The summed E-state index contributed by atoms with van der Waals surface area (Å²) in [6.07, 6.45) is -11.2. The van der Waals surface area contributed by atoms with Crippen LogP contribution >= 0.6 is 0 Å². The van der Waals surface area contributed by atoms with Crippen LogP contribution in [0, 0.1) is 39.4 Å². The van der Waals surface area contributed by atoms with Crippen molar-refractivity contribution in [2.45, 2.75) is 192 Å². The Morgan fingerprint density at radius 2 is 1.56 bits per heavy atom. The molecule has 7 rings (SSSR count). The van der Waals surface area contributed by atoms with Crippen LogP contribution < -0.4 is 0 Å². The lowest BCUT2D eigenvalue weighted by Crippen LogP contribution is -2.69. The molecule has 3 saturated heterocycles. The van der Waals surface area contributed by atoms with E-state index in [1.165, 1.54) is 6.92 Å². The van der Waals surface area contributed by atoms with Crippen molar-refractivity contribution >= 4 is 16.4 Å². The van der Waals surface area contributed by atoms with Gasteiger partial charge in [0.25, 0.3) is 0 Å². The molecule has 59 heavy (non-hydrogen) atoms. The average molecular weight is 863 g/mol. The van der Waals surface area contributed by atoms with Crippen LogP contribution in [-0.4, -0.2) is 146 Å². The first-order valence-electron chi connectivity index (χ1n) is 21.2. The van der Waals surface area contributed by atoms with Gasteiger partial charge in [-0.05, 0) is 99.2 Å². The van der Waals surface area contributed by atoms with Gasteiger partial charge in [0.05, 0.1) is 31.0 Å². The molecule has 3 saturated carbocycles. The topological polar surface area (TPSA) is 268 Å². The number of carbonyl (C=O) groups is 1. The quantitative estimate of drug-likeness (QED) is 0.0665. The molecule has 18 heteroatoms. The average Bonchev–Trinajstić information content (AvgIpc) is 3.51. The molecule has 17 nitrogen and oxygen atoms in total. The second-order valence-electron chi connectivity index (χ2n) is 20.3. The van der Waals surface area contributed by atoms with Crippen molar-refractivity contribution in [3.8, 4) is 0 Å². The molecule has 19 atom stereocenters. The second-order valence-corrected chi connectivity index (χ2v) is 21.3. The molecule has 8 N–H and O–H groups in total. The van der Waals surface area contributed by atoms with Gasteiger partial charge in [-0.15, -0.1) is 0 Å². The van der Waals surface area contributed by atoms with Crippen molar-refractivity contribution in [3.63, 3.8) is 0 Å². The molecule has 3 heterocycles. The van der Waals surface area contributed by atoms with Crippen molar-refractivity contribution in [1.29, 1.82) is 0 Å². The predicted octanol–water partition coefficient (Wildman–Crippen LogP) is 1.27. The van der Waals surface area contributed by atoms with Crippen molar-refractivity contribution in [2.24, 2.45) is 39.4 Å². The number of carbonyl (C=O) groups excluding carboxylic acids is 1. The number of aliphatic hydroxyl groups excluding tert-OH is 6. The predicted molar refractivity (Wildman–Crippen MR) is 205 cm³/mol. The molecule has 0 aromatic carbocycles. The Balaban J connectivity index is 1.16. The Hall–Kier alpha value is -1.36. The van der Waals surface area contributed by atoms with Gasteiger partial charge >= 0.3 is 16.4 Å². The zero-order chi connectivity index (χ0) is 43.6. The fraction of sp³-hybridized carbons (Fsp3) is 0.927. The van der Waals surface area contributed by atoms with E-state index in [1.807, 2.05) is 20.8 Å². The highest BCUT2D eigenvalue weighted by atomic mass is 32.3. The first-order chi connectivity index (χ1) is 27.2. The lowest BCUT2D eigenvalue weighted by atomic mass is 9.40. The highest BCUT2D eigenvalue weighted by molar-refractivity contribution is 7.80. The maximum absolute atomic E-state index is 14.4. The van der Waals surface area contributed by atoms with E-state index in [0.29, 0.717) is 44.9 Å². The number of allylic oxidation sites excluding steroid dienone is 1. The SMILES string of the molecule is CC(C)CCC(O)[C@]1(C)OC(=O)C23[C@@H](O)C=C4C(CCC5C(C)(C)[C@@H](O[C@@H]6OC[C@@H](OS(=O)(=O)O)[C@H](O)[C@H]6O[C@@H]6O[C@H](C)[C@@H](O)[C@H](O)[C@H]6O)CC[C@]45C)[C@]2(C)CC[C@@]31O. The lowest BCUT2D eigenvalue weighted by Gasteiger charge is -2.64. The number of rotatable bonds is 10. The maximum atomic E-state index is 14.4. The summed E-state index contributed by atoms with van der Waals surface area (Å²) in [6, 6.07) is 0. The molecule has 338 valence electrons.